The number of rotatable bonds is 6. The van der Waals surface area contributed by atoms with Crippen molar-refractivity contribution in [2.24, 2.45) is 0 Å². The molecule has 2 amide bonds. The molecule has 0 spiro atoms. The Morgan fingerprint density at radius 2 is 1.52 bits per heavy atom. The van der Waals surface area contributed by atoms with Gasteiger partial charge in [-0.2, -0.15) is 0 Å². The van der Waals surface area contributed by atoms with Gasteiger partial charge in [-0.05, 0) is 30.2 Å². The number of amides is 2. The lowest BCUT2D eigenvalue weighted by Crippen LogP contribution is -2.31. The Morgan fingerprint density at radius 1 is 0.913 bits per heavy atom. The van der Waals surface area contributed by atoms with Crippen LogP contribution in [0.3, 0.4) is 0 Å². The predicted octanol–water partition coefficient (Wildman–Crippen LogP) is 2.46. The quantitative estimate of drug-likeness (QED) is 0.805. The van der Waals surface area contributed by atoms with E-state index in [2.05, 4.69) is 10.6 Å². The fourth-order valence-electron chi connectivity index (χ4n) is 2.10. The third-order valence-corrected chi connectivity index (χ3v) is 3.30. The molecule has 0 aromatic heterocycles. The van der Waals surface area contributed by atoms with Crippen LogP contribution < -0.4 is 10.6 Å². The highest BCUT2D eigenvalue weighted by atomic mass is 19.1. The molecular formula is C18H19FN2O2. The van der Waals surface area contributed by atoms with Gasteiger partial charge in [-0.25, -0.2) is 4.39 Å². The molecule has 0 saturated heterocycles. The van der Waals surface area contributed by atoms with E-state index in [0.29, 0.717) is 6.54 Å². The van der Waals surface area contributed by atoms with Crippen molar-refractivity contribution in [3.05, 3.63) is 71.0 Å². The van der Waals surface area contributed by atoms with Gasteiger partial charge in [0.1, 0.15) is 12.2 Å². The standard InChI is InChI=1S/C18H19FN2O2/c1-13-3-2-4-15(9-13)12-21-18(23)10-17(22)20-11-14-5-7-16(19)8-6-14/h2-9H,10-12H2,1H3,(H,20,22)(H,21,23). The molecule has 0 aliphatic carbocycles. The summed E-state index contributed by atoms with van der Waals surface area (Å²) in [5.41, 5.74) is 2.89. The van der Waals surface area contributed by atoms with Crippen molar-refractivity contribution < 1.29 is 14.0 Å². The molecule has 23 heavy (non-hydrogen) atoms. The zero-order valence-corrected chi connectivity index (χ0v) is 12.9. The summed E-state index contributed by atoms with van der Waals surface area (Å²) in [5.74, 6) is -1.02. The third kappa shape index (κ3) is 5.90. The zero-order valence-electron chi connectivity index (χ0n) is 12.9. The van der Waals surface area contributed by atoms with Crippen LogP contribution in [-0.4, -0.2) is 11.8 Å². The smallest absolute Gasteiger partial charge is 0.229 e. The lowest BCUT2D eigenvalue weighted by Gasteiger charge is -2.07. The molecule has 0 heterocycles. The number of carbonyl (C=O) groups is 2. The van der Waals surface area contributed by atoms with Crippen LogP contribution in [-0.2, 0) is 22.7 Å². The molecule has 0 unspecified atom stereocenters. The van der Waals surface area contributed by atoms with Crippen molar-refractivity contribution in [1.82, 2.24) is 10.6 Å². The summed E-state index contributed by atoms with van der Waals surface area (Å²) in [4.78, 5) is 23.5. The second-order valence-corrected chi connectivity index (χ2v) is 5.35. The van der Waals surface area contributed by atoms with Crippen molar-refractivity contribution in [2.75, 3.05) is 0 Å². The van der Waals surface area contributed by atoms with E-state index < -0.39 is 0 Å². The van der Waals surface area contributed by atoms with Crippen LogP contribution in [0.2, 0.25) is 0 Å². The Labute approximate surface area is 134 Å². The van der Waals surface area contributed by atoms with Gasteiger partial charge in [0.2, 0.25) is 11.8 Å². The molecule has 5 heteroatoms. The summed E-state index contributed by atoms with van der Waals surface area (Å²) in [6, 6.07) is 13.6. The molecule has 0 fully saturated rings. The largest absolute Gasteiger partial charge is 0.352 e. The van der Waals surface area contributed by atoms with Crippen molar-refractivity contribution in [2.45, 2.75) is 26.4 Å². The zero-order chi connectivity index (χ0) is 16.7. The highest BCUT2D eigenvalue weighted by molar-refractivity contribution is 5.96. The highest BCUT2D eigenvalue weighted by Gasteiger charge is 2.09. The Hall–Kier alpha value is -2.69. The summed E-state index contributed by atoms with van der Waals surface area (Å²) in [7, 11) is 0. The van der Waals surface area contributed by atoms with E-state index in [1.807, 2.05) is 31.2 Å². The van der Waals surface area contributed by atoms with Gasteiger partial charge in [-0.15, -0.1) is 0 Å². The van der Waals surface area contributed by atoms with E-state index in [1.165, 1.54) is 12.1 Å². The number of benzene rings is 2. The van der Waals surface area contributed by atoms with Gasteiger partial charge >= 0.3 is 0 Å². The second kappa shape index (κ2) is 8.08. The summed E-state index contributed by atoms with van der Waals surface area (Å²) in [6.45, 7) is 2.64. The van der Waals surface area contributed by atoms with E-state index in [1.54, 1.807) is 12.1 Å². The normalized spacial score (nSPS) is 10.2. The minimum Gasteiger partial charge on any atom is -0.352 e. The fraction of sp³-hybridized carbons (Fsp3) is 0.222. The van der Waals surface area contributed by atoms with E-state index in [-0.39, 0.29) is 30.6 Å². The first-order chi connectivity index (χ1) is 11.0. The van der Waals surface area contributed by atoms with Crippen molar-refractivity contribution in [3.63, 3.8) is 0 Å². The maximum absolute atomic E-state index is 12.8. The third-order valence-electron chi connectivity index (χ3n) is 3.30. The SMILES string of the molecule is Cc1cccc(CNC(=O)CC(=O)NCc2ccc(F)cc2)c1. The lowest BCUT2D eigenvalue weighted by atomic mass is 10.1. The molecule has 0 aliphatic rings. The molecule has 2 aromatic carbocycles. The molecule has 120 valence electrons. The number of nitrogens with one attached hydrogen (secondary N) is 2. The monoisotopic (exact) mass is 314 g/mol. The lowest BCUT2D eigenvalue weighted by molar-refractivity contribution is -0.129. The molecule has 0 bridgehead atoms. The molecule has 0 saturated carbocycles. The average Bonchev–Trinajstić information content (AvgIpc) is 2.52. The Morgan fingerprint density at radius 3 is 2.13 bits per heavy atom. The van der Waals surface area contributed by atoms with E-state index in [9.17, 15) is 14.0 Å². The van der Waals surface area contributed by atoms with Crippen LogP contribution in [0, 0.1) is 12.7 Å². The van der Waals surface area contributed by atoms with Gasteiger partial charge in [0.25, 0.3) is 0 Å². The molecule has 0 aliphatic heterocycles. The van der Waals surface area contributed by atoms with Crippen molar-refractivity contribution in [1.29, 1.82) is 0 Å². The van der Waals surface area contributed by atoms with Crippen LogP contribution in [0.1, 0.15) is 23.1 Å². The summed E-state index contributed by atoms with van der Waals surface area (Å²) < 4.78 is 12.8. The molecule has 4 nitrogen and oxygen atoms in total. The number of halogens is 1. The Kier molecular flexibility index (Phi) is 5.86. The Balaban J connectivity index is 1.72. The minimum atomic E-state index is -0.365. The van der Waals surface area contributed by atoms with Crippen LogP contribution in [0.4, 0.5) is 4.39 Å². The van der Waals surface area contributed by atoms with E-state index in [0.717, 1.165) is 16.7 Å². The maximum atomic E-state index is 12.8. The van der Waals surface area contributed by atoms with Crippen molar-refractivity contribution in [3.8, 4) is 0 Å². The minimum absolute atomic E-state index is 0.229. The fourth-order valence-corrected chi connectivity index (χ4v) is 2.10. The van der Waals surface area contributed by atoms with Gasteiger partial charge in [0, 0.05) is 13.1 Å². The maximum Gasteiger partial charge on any atom is 0.229 e. The number of aryl methyl sites for hydroxylation is 1. The van der Waals surface area contributed by atoms with Gasteiger partial charge in [0.05, 0.1) is 0 Å². The molecule has 0 radical (unpaired) electrons. The summed E-state index contributed by atoms with van der Waals surface area (Å²) >= 11 is 0. The van der Waals surface area contributed by atoms with E-state index >= 15 is 0 Å². The highest BCUT2D eigenvalue weighted by Crippen LogP contribution is 2.04. The van der Waals surface area contributed by atoms with Crippen LogP contribution in [0.25, 0.3) is 0 Å². The molecule has 2 N–H and O–H groups in total. The Bertz CT molecular complexity index is 684. The van der Waals surface area contributed by atoms with Gasteiger partial charge in [-0.3, -0.25) is 9.59 Å². The average molecular weight is 314 g/mol. The van der Waals surface area contributed by atoms with Crippen LogP contribution in [0.5, 0.6) is 0 Å². The molecule has 2 rings (SSSR count). The van der Waals surface area contributed by atoms with Gasteiger partial charge in [0.15, 0.2) is 0 Å². The predicted molar refractivity (Wildman–Crippen MR) is 85.9 cm³/mol. The molecule has 2 aromatic rings. The first-order valence-electron chi connectivity index (χ1n) is 7.36. The first-order valence-corrected chi connectivity index (χ1v) is 7.36. The summed E-state index contributed by atoms with van der Waals surface area (Å²) in [6.07, 6.45) is -0.229. The van der Waals surface area contributed by atoms with Crippen molar-refractivity contribution >= 4 is 11.8 Å². The number of hydrogen-bond acceptors (Lipinski definition) is 2. The topological polar surface area (TPSA) is 58.2 Å². The molecule has 0 atom stereocenters. The molecular weight excluding hydrogens is 295 g/mol. The van der Waals surface area contributed by atoms with E-state index in [4.69, 9.17) is 0 Å². The first kappa shape index (κ1) is 16.7. The van der Waals surface area contributed by atoms with Crippen LogP contribution >= 0.6 is 0 Å². The number of carbonyl (C=O) groups excluding carboxylic acids is 2. The van der Waals surface area contributed by atoms with Gasteiger partial charge < -0.3 is 10.6 Å². The van der Waals surface area contributed by atoms with Crippen LogP contribution in [0.15, 0.2) is 48.5 Å². The number of hydrogen-bond donors (Lipinski definition) is 2. The summed E-state index contributed by atoms with van der Waals surface area (Å²) in [5, 5.41) is 5.35. The van der Waals surface area contributed by atoms with Gasteiger partial charge in [-0.1, -0.05) is 42.0 Å². The second-order valence-electron chi connectivity index (χ2n) is 5.35.